The van der Waals surface area contributed by atoms with E-state index in [1.165, 1.54) is 17.0 Å². The summed E-state index contributed by atoms with van der Waals surface area (Å²) in [5.74, 6) is -0.431. The quantitative estimate of drug-likeness (QED) is 0.481. The van der Waals surface area contributed by atoms with E-state index in [2.05, 4.69) is 15.9 Å². The second-order valence-corrected chi connectivity index (χ2v) is 6.11. The molecule has 0 radical (unpaired) electrons. The first kappa shape index (κ1) is 16.1. The summed E-state index contributed by atoms with van der Waals surface area (Å²) in [7, 11) is 1.62. The molecule has 0 spiro atoms. The molecule has 0 aromatic heterocycles. The van der Waals surface area contributed by atoms with Crippen LogP contribution in [0.3, 0.4) is 0 Å². The molecule has 3 aromatic rings. The van der Waals surface area contributed by atoms with Crippen LogP contribution in [0, 0.1) is 10.1 Å². The molecule has 0 saturated carbocycles. The maximum absolute atomic E-state index is 12.9. The van der Waals surface area contributed by atoms with Gasteiger partial charge in [0, 0.05) is 23.0 Å². The van der Waals surface area contributed by atoms with E-state index in [9.17, 15) is 14.9 Å². The first-order chi connectivity index (χ1) is 11.5. The van der Waals surface area contributed by atoms with Crippen LogP contribution in [0.1, 0.15) is 10.4 Å². The van der Waals surface area contributed by atoms with Gasteiger partial charge in [0.05, 0.1) is 10.6 Å². The number of hydrogen-bond acceptors (Lipinski definition) is 3. The predicted octanol–water partition coefficient (Wildman–Crippen LogP) is 4.79. The smallest absolute Gasteiger partial charge is 0.282 e. The van der Waals surface area contributed by atoms with Crippen molar-refractivity contribution < 1.29 is 9.72 Å². The molecule has 0 atom stereocenters. The Labute approximate surface area is 146 Å². The van der Waals surface area contributed by atoms with Crippen LogP contribution in [-0.4, -0.2) is 17.9 Å². The number of benzene rings is 3. The molecule has 5 nitrogen and oxygen atoms in total. The average molecular weight is 385 g/mol. The molecular formula is C18H13BrN2O3. The number of carbonyl (C=O) groups excluding carboxylic acids is 1. The zero-order chi connectivity index (χ0) is 17.3. The third-order valence-electron chi connectivity index (χ3n) is 3.82. The van der Waals surface area contributed by atoms with Gasteiger partial charge in [0.1, 0.15) is 5.56 Å². The largest absolute Gasteiger partial charge is 0.309 e. The van der Waals surface area contributed by atoms with Gasteiger partial charge in [-0.3, -0.25) is 14.9 Å². The Kier molecular flexibility index (Phi) is 4.31. The van der Waals surface area contributed by atoms with Crippen molar-refractivity contribution in [1.29, 1.82) is 0 Å². The molecule has 0 unspecified atom stereocenters. The molecule has 0 aliphatic rings. The summed E-state index contributed by atoms with van der Waals surface area (Å²) in [5, 5.41) is 13.1. The lowest BCUT2D eigenvalue weighted by Gasteiger charge is -2.21. The SMILES string of the molecule is CN(C(=O)c1ccccc1[N+](=O)[O-])c1c(Br)ccc2ccccc12. The summed E-state index contributed by atoms with van der Waals surface area (Å²) in [4.78, 5) is 25.0. The number of carbonyl (C=O) groups is 1. The Hall–Kier alpha value is -2.73. The Morgan fingerprint density at radius 2 is 1.71 bits per heavy atom. The summed E-state index contributed by atoms with van der Waals surface area (Å²) in [6, 6.07) is 17.5. The van der Waals surface area contributed by atoms with Crippen LogP contribution in [-0.2, 0) is 0 Å². The fourth-order valence-corrected chi connectivity index (χ4v) is 3.28. The highest BCUT2D eigenvalue weighted by Crippen LogP contribution is 2.35. The summed E-state index contributed by atoms with van der Waals surface area (Å²) < 4.78 is 0.746. The number of nitrogens with zero attached hydrogens (tertiary/aromatic N) is 2. The van der Waals surface area contributed by atoms with Gasteiger partial charge in [-0.25, -0.2) is 0 Å². The Bertz CT molecular complexity index is 956. The standard InChI is InChI=1S/C18H13BrN2O3/c1-20(18(22)14-8-4-5-9-16(14)21(23)24)17-13-7-3-2-6-12(13)10-11-15(17)19/h2-11H,1H3. The van der Waals surface area contributed by atoms with Crippen LogP contribution in [0.15, 0.2) is 65.1 Å². The van der Waals surface area contributed by atoms with E-state index in [0.717, 1.165) is 15.2 Å². The Morgan fingerprint density at radius 3 is 2.46 bits per heavy atom. The van der Waals surface area contributed by atoms with Crippen molar-refractivity contribution >= 4 is 44.0 Å². The number of hydrogen-bond donors (Lipinski definition) is 0. The third-order valence-corrected chi connectivity index (χ3v) is 4.46. The Morgan fingerprint density at radius 1 is 1.04 bits per heavy atom. The minimum Gasteiger partial charge on any atom is -0.309 e. The lowest BCUT2D eigenvalue weighted by Crippen LogP contribution is -2.27. The predicted molar refractivity (Wildman–Crippen MR) is 97.5 cm³/mol. The highest BCUT2D eigenvalue weighted by atomic mass is 79.9. The highest BCUT2D eigenvalue weighted by Gasteiger charge is 2.24. The van der Waals surface area contributed by atoms with Crippen molar-refractivity contribution in [2.24, 2.45) is 0 Å². The van der Waals surface area contributed by atoms with Gasteiger partial charge in [-0.2, -0.15) is 0 Å². The zero-order valence-electron chi connectivity index (χ0n) is 12.8. The van der Waals surface area contributed by atoms with E-state index in [4.69, 9.17) is 0 Å². The summed E-state index contributed by atoms with van der Waals surface area (Å²) in [6.07, 6.45) is 0. The number of anilines is 1. The monoisotopic (exact) mass is 384 g/mol. The molecule has 24 heavy (non-hydrogen) atoms. The first-order valence-electron chi connectivity index (χ1n) is 7.19. The van der Waals surface area contributed by atoms with Gasteiger partial charge in [0.2, 0.25) is 0 Å². The van der Waals surface area contributed by atoms with Gasteiger partial charge < -0.3 is 4.90 Å². The fraction of sp³-hybridized carbons (Fsp3) is 0.0556. The summed E-state index contributed by atoms with van der Waals surface area (Å²) >= 11 is 3.48. The number of nitro groups is 1. The van der Waals surface area contributed by atoms with Crippen LogP contribution in [0.25, 0.3) is 10.8 Å². The van der Waals surface area contributed by atoms with Gasteiger partial charge in [-0.1, -0.05) is 42.5 Å². The molecule has 6 heteroatoms. The van der Waals surface area contributed by atoms with Gasteiger partial charge in [0.15, 0.2) is 0 Å². The molecule has 1 amide bonds. The summed E-state index contributed by atoms with van der Waals surface area (Å²) in [6.45, 7) is 0. The normalized spacial score (nSPS) is 10.6. The first-order valence-corrected chi connectivity index (χ1v) is 7.98. The van der Waals surface area contributed by atoms with Crippen molar-refractivity contribution in [2.75, 3.05) is 11.9 Å². The molecule has 0 N–H and O–H groups in total. The van der Waals surface area contributed by atoms with Gasteiger partial charge in [-0.05, 0) is 33.4 Å². The lowest BCUT2D eigenvalue weighted by molar-refractivity contribution is -0.385. The van der Waals surface area contributed by atoms with Crippen LogP contribution in [0.4, 0.5) is 11.4 Å². The molecule has 120 valence electrons. The number of rotatable bonds is 3. The van der Waals surface area contributed by atoms with E-state index in [1.807, 2.05) is 36.4 Å². The second kappa shape index (κ2) is 6.41. The van der Waals surface area contributed by atoms with Crippen LogP contribution >= 0.6 is 15.9 Å². The van der Waals surface area contributed by atoms with Gasteiger partial charge in [0.25, 0.3) is 11.6 Å². The second-order valence-electron chi connectivity index (χ2n) is 5.26. The maximum atomic E-state index is 12.9. The fourth-order valence-electron chi connectivity index (χ4n) is 2.67. The highest BCUT2D eigenvalue weighted by molar-refractivity contribution is 9.10. The number of para-hydroxylation sites is 1. The number of halogens is 1. The molecule has 0 saturated heterocycles. The summed E-state index contributed by atoms with van der Waals surface area (Å²) in [5.41, 5.74) is 0.534. The van der Waals surface area contributed by atoms with E-state index in [0.29, 0.717) is 5.69 Å². The van der Waals surface area contributed by atoms with Crippen LogP contribution in [0.5, 0.6) is 0 Å². The number of nitro benzene ring substituents is 1. The van der Waals surface area contributed by atoms with Crippen molar-refractivity contribution in [1.82, 2.24) is 0 Å². The molecule has 3 rings (SSSR count). The van der Waals surface area contributed by atoms with Crippen LogP contribution in [0.2, 0.25) is 0 Å². The molecule has 3 aromatic carbocycles. The molecule has 0 fully saturated rings. The third kappa shape index (κ3) is 2.76. The van der Waals surface area contributed by atoms with Gasteiger partial charge in [-0.15, -0.1) is 0 Å². The minimum absolute atomic E-state index is 0.0600. The minimum atomic E-state index is -0.542. The lowest BCUT2D eigenvalue weighted by atomic mass is 10.1. The zero-order valence-corrected chi connectivity index (χ0v) is 14.4. The van der Waals surface area contributed by atoms with Gasteiger partial charge >= 0.3 is 0 Å². The molecule has 0 aliphatic heterocycles. The van der Waals surface area contributed by atoms with Crippen molar-refractivity contribution in [3.8, 4) is 0 Å². The topological polar surface area (TPSA) is 63.5 Å². The molecule has 0 bridgehead atoms. The molecule has 0 heterocycles. The molecule has 0 aliphatic carbocycles. The number of amides is 1. The maximum Gasteiger partial charge on any atom is 0.282 e. The van der Waals surface area contributed by atoms with Crippen molar-refractivity contribution in [2.45, 2.75) is 0 Å². The van der Waals surface area contributed by atoms with E-state index >= 15 is 0 Å². The van der Waals surface area contributed by atoms with E-state index < -0.39 is 10.8 Å². The van der Waals surface area contributed by atoms with Crippen LogP contribution < -0.4 is 4.90 Å². The van der Waals surface area contributed by atoms with E-state index in [-0.39, 0.29) is 11.3 Å². The van der Waals surface area contributed by atoms with Crippen molar-refractivity contribution in [3.05, 3.63) is 80.8 Å². The molecular weight excluding hydrogens is 372 g/mol. The average Bonchev–Trinajstić information content (AvgIpc) is 2.60. The van der Waals surface area contributed by atoms with E-state index in [1.54, 1.807) is 19.2 Å². The number of fused-ring (bicyclic) bond motifs is 1. The Balaban J connectivity index is 2.14. The van der Waals surface area contributed by atoms with Crippen molar-refractivity contribution in [3.63, 3.8) is 0 Å².